The van der Waals surface area contributed by atoms with Crippen LogP contribution in [-0.2, 0) is 16.2 Å². The highest BCUT2D eigenvalue weighted by atomic mass is 16.7. The molecule has 2 aromatic rings. The molecule has 52 heavy (non-hydrogen) atoms. The Labute approximate surface area is 310 Å². The number of para-hydroxylation sites is 1. The molecule has 1 heterocycles. The standard InChI is InChI=1S/C41H63N5O6/c1-23(2)14-31(21-45(8)9)43-39(49)28-15-27(16-30(17-28)42-7)32-13-11-12-26(38(32)51-10)20-46-37(36(25(4)48)35(22-47)52-46)40(50)44-34-19-29-18-33(24(34)3)41(29,5)6/h11-13,15-17,23-25,29,31,33-37,42,47-48H,14,18-22H2,1-10H3,(H,43,49)(H,44,50)/t24-,25-,29+,31-,33-,34-,35-,36+,37-/m0/s1. The van der Waals surface area contributed by atoms with E-state index >= 15 is 0 Å². The number of benzene rings is 2. The van der Waals surface area contributed by atoms with Crippen LogP contribution >= 0.6 is 0 Å². The van der Waals surface area contributed by atoms with E-state index in [0.717, 1.165) is 41.8 Å². The minimum absolute atomic E-state index is 0.000246. The van der Waals surface area contributed by atoms with Gasteiger partial charge in [-0.25, -0.2) is 0 Å². The van der Waals surface area contributed by atoms with Crippen molar-refractivity contribution >= 4 is 17.5 Å². The van der Waals surface area contributed by atoms with E-state index in [4.69, 9.17) is 9.57 Å². The summed E-state index contributed by atoms with van der Waals surface area (Å²) in [6, 6.07) is 10.7. The molecule has 0 aromatic heterocycles. The second-order valence-electron chi connectivity index (χ2n) is 16.8. The van der Waals surface area contributed by atoms with Gasteiger partial charge in [-0.1, -0.05) is 52.8 Å². The predicted molar refractivity (Wildman–Crippen MR) is 205 cm³/mol. The van der Waals surface area contributed by atoms with Crippen molar-refractivity contribution in [1.82, 2.24) is 20.6 Å². The number of carbonyl (C=O) groups is 2. The van der Waals surface area contributed by atoms with Gasteiger partial charge >= 0.3 is 0 Å². The highest BCUT2D eigenvalue weighted by Crippen LogP contribution is 2.61. The molecule has 4 fully saturated rings. The van der Waals surface area contributed by atoms with Gasteiger partial charge in [0, 0.05) is 54.0 Å². The molecule has 2 amide bonds. The fourth-order valence-corrected chi connectivity index (χ4v) is 9.35. The van der Waals surface area contributed by atoms with Crippen LogP contribution in [0.4, 0.5) is 5.69 Å². The molecule has 288 valence electrons. The van der Waals surface area contributed by atoms with Gasteiger partial charge in [0.15, 0.2) is 0 Å². The molecule has 3 saturated carbocycles. The number of fused-ring (bicyclic) bond motifs is 2. The highest BCUT2D eigenvalue weighted by molar-refractivity contribution is 5.97. The van der Waals surface area contributed by atoms with Gasteiger partial charge in [0.2, 0.25) is 5.91 Å². The van der Waals surface area contributed by atoms with Crippen LogP contribution in [0.25, 0.3) is 11.1 Å². The first-order valence-electron chi connectivity index (χ1n) is 19.1. The molecule has 6 rings (SSSR count). The third kappa shape index (κ3) is 8.29. The van der Waals surface area contributed by atoms with Crippen LogP contribution in [0, 0.1) is 35.0 Å². The lowest BCUT2D eigenvalue weighted by Gasteiger charge is -2.62. The van der Waals surface area contributed by atoms with E-state index in [-0.39, 0.29) is 42.5 Å². The fourth-order valence-electron chi connectivity index (χ4n) is 9.35. The smallest absolute Gasteiger partial charge is 0.251 e. The molecule has 1 aliphatic heterocycles. The maximum absolute atomic E-state index is 14.2. The van der Waals surface area contributed by atoms with Gasteiger partial charge in [0.1, 0.15) is 17.9 Å². The molecule has 11 heteroatoms. The molecule has 9 atom stereocenters. The number of anilines is 1. The third-order valence-electron chi connectivity index (χ3n) is 12.2. The first kappa shape index (κ1) is 40.0. The van der Waals surface area contributed by atoms with Crippen molar-refractivity contribution in [2.24, 2.45) is 35.0 Å². The normalized spacial score (nSPS) is 27.9. The Kier molecular flexibility index (Phi) is 12.6. The van der Waals surface area contributed by atoms with Crippen molar-refractivity contribution in [2.75, 3.05) is 46.7 Å². The molecule has 0 spiro atoms. The van der Waals surface area contributed by atoms with E-state index in [1.165, 1.54) is 6.42 Å². The SMILES string of the molecule is CNc1cc(C(=O)N[C@@H](CC(C)C)CN(C)C)cc(-c2cccc(CN3O[C@@H](CO)[C@@H]([C@H](C)O)[C@H]3C(=O)N[C@H]3C[C@H]4C[C@@H]([C@@H]3C)C4(C)C)c2OC)c1. The maximum Gasteiger partial charge on any atom is 0.251 e. The molecule has 4 aliphatic rings. The summed E-state index contributed by atoms with van der Waals surface area (Å²) >= 11 is 0. The number of ether oxygens (including phenoxy) is 1. The number of amides is 2. The van der Waals surface area contributed by atoms with E-state index in [0.29, 0.717) is 35.0 Å². The van der Waals surface area contributed by atoms with Crippen molar-refractivity contribution in [3.63, 3.8) is 0 Å². The van der Waals surface area contributed by atoms with Crippen LogP contribution in [-0.4, -0.2) is 104 Å². The van der Waals surface area contributed by atoms with E-state index in [2.05, 4.69) is 55.5 Å². The molecule has 2 aromatic carbocycles. The van der Waals surface area contributed by atoms with Crippen LogP contribution in [0.3, 0.4) is 0 Å². The van der Waals surface area contributed by atoms with E-state index in [1.807, 2.05) is 57.5 Å². The Morgan fingerprint density at radius 2 is 1.87 bits per heavy atom. The van der Waals surface area contributed by atoms with Crippen LogP contribution in [0.15, 0.2) is 36.4 Å². The minimum Gasteiger partial charge on any atom is -0.496 e. The average Bonchev–Trinajstić information content (AvgIpc) is 3.46. The summed E-state index contributed by atoms with van der Waals surface area (Å²) in [5, 5.41) is 32.7. The van der Waals surface area contributed by atoms with Crippen molar-refractivity contribution in [3.05, 3.63) is 47.5 Å². The summed E-state index contributed by atoms with van der Waals surface area (Å²) in [6.45, 7) is 13.5. The molecular weight excluding hydrogens is 658 g/mol. The number of aliphatic hydroxyl groups is 2. The Hall–Kier alpha value is -3.22. The first-order chi connectivity index (χ1) is 24.6. The minimum atomic E-state index is -0.894. The van der Waals surface area contributed by atoms with Gasteiger partial charge in [-0.2, -0.15) is 5.06 Å². The molecule has 1 saturated heterocycles. The second kappa shape index (κ2) is 16.4. The number of nitrogens with zero attached hydrogens (tertiary/aromatic N) is 2. The second-order valence-corrected chi connectivity index (χ2v) is 16.8. The van der Waals surface area contributed by atoms with Crippen LogP contribution in [0.1, 0.15) is 76.7 Å². The summed E-state index contributed by atoms with van der Waals surface area (Å²) in [7, 11) is 7.45. The van der Waals surface area contributed by atoms with Crippen LogP contribution in [0.2, 0.25) is 0 Å². The number of carbonyl (C=O) groups excluding carboxylic acids is 2. The monoisotopic (exact) mass is 721 g/mol. The zero-order chi connectivity index (χ0) is 38.1. The zero-order valence-corrected chi connectivity index (χ0v) is 32.9. The highest BCUT2D eigenvalue weighted by Gasteiger charge is 2.57. The molecular formula is C41H63N5O6. The van der Waals surface area contributed by atoms with E-state index in [9.17, 15) is 19.8 Å². The molecule has 0 unspecified atom stereocenters. The number of hydrogen-bond acceptors (Lipinski definition) is 9. The van der Waals surface area contributed by atoms with Gasteiger partial charge in [-0.3, -0.25) is 14.4 Å². The molecule has 5 N–H and O–H groups in total. The van der Waals surface area contributed by atoms with E-state index in [1.54, 1.807) is 19.1 Å². The summed E-state index contributed by atoms with van der Waals surface area (Å²) in [5.41, 5.74) is 3.94. The Morgan fingerprint density at radius 1 is 1.13 bits per heavy atom. The number of methoxy groups -OCH3 is 1. The number of likely N-dealkylation sites (N-methyl/N-ethyl adjacent to an activating group) is 1. The van der Waals surface area contributed by atoms with Gasteiger partial charge in [-0.05, 0) is 93.1 Å². The van der Waals surface area contributed by atoms with E-state index < -0.39 is 24.2 Å². The number of rotatable bonds is 15. The van der Waals surface area contributed by atoms with Crippen LogP contribution in [0.5, 0.6) is 5.75 Å². The first-order valence-corrected chi connectivity index (χ1v) is 19.1. The zero-order valence-electron chi connectivity index (χ0n) is 32.9. The van der Waals surface area contributed by atoms with Gasteiger partial charge < -0.3 is 35.8 Å². The van der Waals surface area contributed by atoms with Crippen molar-refractivity contribution in [1.29, 1.82) is 0 Å². The number of hydroxylamine groups is 2. The van der Waals surface area contributed by atoms with Crippen molar-refractivity contribution < 1.29 is 29.4 Å². The Morgan fingerprint density at radius 3 is 2.44 bits per heavy atom. The molecule has 2 bridgehead atoms. The fraction of sp³-hybridized carbons (Fsp3) is 0.659. The van der Waals surface area contributed by atoms with Gasteiger partial charge in [0.25, 0.3) is 5.91 Å². The lowest BCUT2D eigenvalue weighted by atomic mass is 9.45. The predicted octanol–water partition coefficient (Wildman–Crippen LogP) is 4.77. The quantitative estimate of drug-likeness (QED) is 0.176. The Bertz CT molecular complexity index is 1550. The number of nitrogens with one attached hydrogen (secondary N) is 3. The van der Waals surface area contributed by atoms with Crippen molar-refractivity contribution in [2.45, 2.75) is 97.7 Å². The topological polar surface area (TPSA) is 136 Å². The average molecular weight is 722 g/mol. The lowest BCUT2D eigenvalue weighted by Crippen LogP contribution is -2.62. The van der Waals surface area contributed by atoms with Crippen molar-refractivity contribution in [3.8, 4) is 16.9 Å². The largest absolute Gasteiger partial charge is 0.496 e. The van der Waals surface area contributed by atoms with Gasteiger partial charge in [0.05, 0.1) is 26.4 Å². The summed E-state index contributed by atoms with van der Waals surface area (Å²) < 4.78 is 6.05. The van der Waals surface area contributed by atoms with Crippen LogP contribution < -0.4 is 20.7 Å². The lowest BCUT2D eigenvalue weighted by molar-refractivity contribution is -0.183. The maximum atomic E-state index is 14.2. The Balaban J connectivity index is 1.43. The number of aliphatic hydroxyl groups excluding tert-OH is 2. The number of hydrogen-bond donors (Lipinski definition) is 5. The van der Waals surface area contributed by atoms with Gasteiger partial charge in [-0.15, -0.1) is 0 Å². The summed E-state index contributed by atoms with van der Waals surface area (Å²) in [6.07, 6.45) is 1.36. The molecule has 0 radical (unpaired) electrons. The third-order valence-corrected chi connectivity index (χ3v) is 12.2. The molecule has 11 nitrogen and oxygen atoms in total. The summed E-state index contributed by atoms with van der Waals surface area (Å²) in [5.74, 6) is 1.51. The summed E-state index contributed by atoms with van der Waals surface area (Å²) in [4.78, 5) is 36.3. The molecule has 3 aliphatic carbocycles.